The van der Waals surface area contributed by atoms with Gasteiger partial charge in [-0.25, -0.2) is 4.79 Å². The van der Waals surface area contributed by atoms with Crippen LogP contribution in [0.5, 0.6) is 0 Å². The van der Waals surface area contributed by atoms with E-state index in [-0.39, 0.29) is 12.5 Å². The Bertz CT molecular complexity index is 1150. The first-order chi connectivity index (χ1) is 15.0. The highest BCUT2D eigenvalue weighted by atomic mass is 16.5. The summed E-state index contributed by atoms with van der Waals surface area (Å²) in [5.74, 6) is -0.309. The standard InChI is InChI=1S/C26H28N2O3/c1-4-18-9-7-8-17(3)25(18)28-23(29)15-31-26(30)24-19-10-5-6-11-21(19)27-22-13-12-16(2)14-20(22)24/h5-11,16H,4,12-15H2,1-3H3,(H,28,29). The van der Waals surface area contributed by atoms with Crippen molar-refractivity contribution in [3.63, 3.8) is 0 Å². The van der Waals surface area contributed by atoms with E-state index in [1.54, 1.807) is 0 Å². The van der Waals surface area contributed by atoms with E-state index in [0.29, 0.717) is 11.5 Å². The van der Waals surface area contributed by atoms with Gasteiger partial charge in [0.2, 0.25) is 0 Å². The number of aromatic nitrogens is 1. The fraction of sp³-hybridized carbons (Fsp3) is 0.346. The summed E-state index contributed by atoms with van der Waals surface area (Å²) in [6.07, 6.45) is 3.53. The lowest BCUT2D eigenvalue weighted by Crippen LogP contribution is -2.24. The first kappa shape index (κ1) is 21.0. The van der Waals surface area contributed by atoms with Gasteiger partial charge in [0.1, 0.15) is 0 Å². The fourth-order valence-electron chi connectivity index (χ4n) is 4.38. The van der Waals surface area contributed by atoms with Crippen molar-refractivity contribution in [2.24, 2.45) is 5.92 Å². The average molecular weight is 417 g/mol. The van der Waals surface area contributed by atoms with Crippen LogP contribution in [0, 0.1) is 12.8 Å². The van der Waals surface area contributed by atoms with Gasteiger partial charge < -0.3 is 10.1 Å². The second-order valence-electron chi connectivity index (χ2n) is 8.36. The number of esters is 1. The SMILES string of the molecule is CCc1cccc(C)c1NC(=O)COC(=O)c1c2c(nc3ccccc13)CCC(C)C2. The van der Waals surface area contributed by atoms with Gasteiger partial charge in [0.05, 0.1) is 11.1 Å². The molecule has 0 saturated carbocycles. The predicted molar refractivity (Wildman–Crippen MR) is 122 cm³/mol. The van der Waals surface area contributed by atoms with Crippen molar-refractivity contribution in [2.45, 2.75) is 46.5 Å². The number of benzene rings is 2. The summed E-state index contributed by atoms with van der Waals surface area (Å²) in [5, 5.41) is 3.70. The van der Waals surface area contributed by atoms with Gasteiger partial charge in [-0.1, -0.05) is 50.2 Å². The monoisotopic (exact) mass is 416 g/mol. The second-order valence-corrected chi connectivity index (χ2v) is 8.36. The van der Waals surface area contributed by atoms with Crippen molar-refractivity contribution in [1.29, 1.82) is 0 Å². The molecule has 1 aliphatic rings. The number of nitrogens with zero attached hydrogens (tertiary/aromatic N) is 1. The number of anilines is 1. The summed E-state index contributed by atoms with van der Waals surface area (Å²) < 4.78 is 5.51. The Morgan fingerprint density at radius 1 is 1.16 bits per heavy atom. The van der Waals surface area contributed by atoms with Crippen LogP contribution in [0.3, 0.4) is 0 Å². The van der Waals surface area contributed by atoms with E-state index < -0.39 is 5.97 Å². The molecular weight excluding hydrogens is 388 g/mol. The minimum Gasteiger partial charge on any atom is -0.452 e. The van der Waals surface area contributed by atoms with Crippen molar-refractivity contribution in [2.75, 3.05) is 11.9 Å². The Balaban J connectivity index is 1.57. The van der Waals surface area contributed by atoms with Crippen LogP contribution < -0.4 is 5.32 Å². The van der Waals surface area contributed by atoms with E-state index >= 15 is 0 Å². The molecule has 31 heavy (non-hydrogen) atoms. The number of rotatable bonds is 5. The van der Waals surface area contributed by atoms with E-state index in [4.69, 9.17) is 9.72 Å². The van der Waals surface area contributed by atoms with Crippen LogP contribution in [0.2, 0.25) is 0 Å². The maximum Gasteiger partial charge on any atom is 0.339 e. The van der Waals surface area contributed by atoms with Crippen molar-refractivity contribution in [3.8, 4) is 0 Å². The molecule has 1 aromatic heterocycles. The molecule has 3 aromatic rings. The summed E-state index contributed by atoms with van der Waals surface area (Å²) in [5.41, 5.74) is 6.14. The maximum atomic E-state index is 13.2. The molecule has 0 bridgehead atoms. The second kappa shape index (κ2) is 8.88. The zero-order valence-corrected chi connectivity index (χ0v) is 18.3. The summed E-state index contributed by atoms with van der Waals surface area (Å²) in [6, 6.07) is 13.6. The molecule has 1 amide bonds. The molecule has 1 unspecified atom stereocenters. The Kier molecular flexibility index (Phi) is 6.03. The van der Waals surface area contributed by atoms with Crippen LogP contribution in [-0.4, -0.2) is 23.5 Å². The van der Waals surface area contributed by atoms with Crippen LogP contribution in [-0.2, 0) is 28.8 Å². The number of pyridine rings is 1. The van der Waals surface area contributed by atoms with Crippen molar-refractivity contribution >= 4 is 28.5 Å². The lowest BCUT2D eigenvalue weighted by molar-refractivity contribution is -0.119. The van der Waals surface area contributed by atoms with Gasteiger partial charge in [-0.2, -0.15) is 0 Å². The number of fused-ring (bicyclic) bond motifs is 2. The summed E-state index contributed by atoms with van der Waals surface area (Å²) in [7, 11) is 0. The number of para-hydroxylation sites is 2. The number of carbonyl (C=O) groups is 2. The van der Waals surface area contributed by atoms with Gasteiger partial charge >= 0.3 is 5.97 Å². The first-order valence-corrected chi connectivity index (χ1v) is 10.9. The smallest absolute Gasteiger partial charge is 0.339 e. The Labute approximate surface area is 182 Å². The third kappa shape index (κ3) is 4.31. The van der Waals surface area contributed by atoms with Crippen molar-refractivity contribution < 1.29 is 14.3 Å². The normalized spacial score (nSPS) is 15.4. The van der Waals surface area contributed by atoms with E-state index in [0.717, 1.165) is 64.7 Å². The van der Waals surface area contributed by atoms with Crippen LogP contribution in [0.1, 0.15) is 53.0 Å². The topological polar surface area (TPSA) is 68.3 Å². The minimum absolute atomic E-state index is 0.322. The molecule has 5 nitrogen and oxygen atoms in total. The van der Waals surface area contributed by atoms with E-state index in [9.17, 15) is 9.59 Å². The van der Waals surface area contributed by atoms with Crippen LogP contribution in [0.4, 0.5) is 5.69 Å². The molecule has 4 rings (SSSR count). The van der Waals surface area contributed by atoms with Gasteiger partial charge in [-0.05, 0) is 61.3 Å². The van der Waals surface area contributed by atoms with E-state index in [2.05, 4.69) is 12.2 Å². The van der Waals surface area contributed by atoms with Gasteiger partial charge in [0.25, 0.3) is 5.91 Å². The lowest BCUT2D eigenvalue weighted by Gasteiger charge is -2.24. The van der Waals surface area contributed by atoms with Crippen LogP contribution in [0.15, 0.2) is 42.5 Å². The minimum atomic E-state index is -0.459. The number of aryl methyl sites for hydroxylation is 3. The quantitative estimate of drug-likeness (QED) is 0.593. The van der Waals surface area contributed by atoms with E-state index in [1.165, 1.54) is 0 Å². The highest BCUT2D eigenvalue weighted by molar-refractivity contribution is 6.06. The lowest BCUT2D eigenvalue weighted by atomic mass is 9.84. The zero-order valence-electron chi connectivity index (χ0n) is 18.3. The number of hydrogen-bond donors (Lipinski definition) is 1. The third-order valence-corrected chi connectivity index (χ3v) is 6.05. The van der Waals surface area contributed by atoms with Crippen LogP contribution in [0.25, 0.3) is 10.9 Å². The number of ether oxygens (including phenoxy) is 1. The summed E-state index contributed by atoms with van der Waals surface area (Å²) >= 11 is 0. The Morgan fingerprint density at radius 3 is 2.77 bits per heavy atom. The van der Waals surface area contributed by atoms with Gasteiger partial charge in [0.15, 0.2) is 6.61 Å². The molecule has 1 N–H and O–H groups in total. The largest absolute Gasteiger partial charge is 0.452 e. The number of amides is 1. The number of hydrogen-bond acceptors (Lipinski definition) is 4. The van der Waals surface area contributed by atoms with E-state index in [1.807, 2.05) is 56.3 Å². The first-order valence-electron chi connectivity index (χ1n) is 10.9. The average Bonchev–Trinajstić information content (AvgIpc) is 2.77. The molecule has 2 aromatic carbocycles. The molecule has 5 heteroatoms. The molecule has 0 spiro atoms. The maximum absolute atomic E-state index is 13.2. The molecule has 0 aliphatic heterocycles. The Hall–Kier alpha value is -3.21. The fourth-order valence-corrected chi connectivity index (χ4v) is 4.38. The predicted octanol–water partition coefficient (Wildman–Crippen LogP) is 5.03. The van der Waals surface area contributed by atoms with Gasteiger partial charge in [0, 0.05) is 16.8 Å². The van der Waals surface area contributed by atoms with Crippen molar-refractivity contribution in [1.82, 2.24) is 4.98 Å². The molecule has 1 atom stereocenters. The summed E-state index contributed by atoms with van der Waals surface area (Å²) in [6.45, 7) is 5.87. The molecule has 160 valence electrons. The Morgan fingerprint density at radius 2 is 1.97 bits per heavy atom. The van der Waals surface area contributed by atoms with Gasteiger partial charge in [-0.15, -0.1) is 0 Å². The highest BCUT2D eigenvalue weighted by Gasteiger charge is 2.26. The number of carbonyl (C=O) groups excluding carboxylic acids is 2. The summed E-state index contributed by atoms with van der Waals surface area (Å²) in [4.78, 5) is 30.5. The van der Waals surface area contributed by atoms with Crippen LogP contribution >= 0.6 is 0 Å². The van der Waals surface area contributed by atoms with Crippen molar-refractivity contribution in [3.05, 3.63) is 70.4 Å². The molecule has 1 aliphatic carbocycles. The van der Waals surface area contributed by atoms with Gasteiger partial charge in [-0.3, -0.25) is 9.78 Å². The third-order valence-electron chi connectivity index (χ3n) is 6.05. The highest BCUT2D eigenvalue weighted by Crippen LogP contribution is 2.32. The molecule has 0 fully saturated rings. The molecule has 0 saturated heterocycles. The molecule has 1 heterocycles. The number of nitrogens with one attached hydrogen (secondary N) is 1. The zero-order chi connectivity index (χ0) is 22.0. The molecular formula is C26H28N2O3. The molecule has 0 radical (unpaired) electrons.